The minimum absolute atomic E-state index is 0.189. The molecular formula is C18H17NO4. The number of para-hydroxylation sites is 1. The second kappa shape index (κ2) is 5.15. The molecule has 4 rings (SSSR count). The SMILES string of the molecule is C=CCOC[C@]12C=C[C@H](O1)[C@@H]1C(=O)N(c3ccccc3)C(=O)[C@@H]12. The van der Waals surface area contributed by atoms with Crippen LogP contribution >= 0.6 is 0 Å². The van der Waals surface area contributed by atoms with Crippen LogP contribution in [0.5, 0.6) is 0 Å². The molecule has 0 unspecified atom stereocenters. The largest absolute Gasteiger partial charge is 0.374 e. The van der Waals surface area contributed by atoms with Crippen molar-refractivity contribution in [3.63, 3.8) is 0 Å². The van der Waals surface area contributed by atoms with Gasteiger partial charge in [0.05, 0.1) is 36.8 Å². The van der Waals surface area contributed by atoms with Gasteiger partial charge in [-0.3, -0.25) is 9.59 Å². The highest BCUT2D eigenvalue weighted by Gasteiger charge is 2.67. The number of fused-ring (bicyclic) bond motifs is 5. The van der Waals surface area contributed by atoms with Gasteiger partial charge in [-0.15, -0.1) is 6.58 Å². The maximum Gasteiger partial charge on any atom is 0.241 e. The van der Waals surface area contributed by atoms with Crippen molar-refractivity contribution in [2.75, 3.05) is 18.1 Å². The molecule has 0 saturated carbocycles. The van der Waals surface area contributed by atoms with E-state index in [1.165, 1.54) is 4.90 Å². The molecule has 0 N–H and O–H groups in total. The number of carbonyl (C=O) groups is 2. The fourth-order valence-electron chi connectivity index (χ4n) is 3.80. The van der Waals surface area contributed by atoms with Crippen LogP contribution in [-0.4, -0.2) is 36.7 Å². The molecular weight excluding hydrogens is 294 g/mol. The first-order valence-electron chi connectivity index (χ1n) is 7.67. The van der Waals surface area contributed by atoms with Crippen LogP contribution in [0.4, 0.5) is 5.69 Å². The Morgan fingerprint density at radius 1 is 1.26 bits per heavy atom. The van der Waals surface area contributed by atoms with Gasteiger partial charge >= 0.3 is 0 Å². The molecule has 1 aromatic carbocycles. The molecule has 1 aromatic rings. The highest BCUT2D eigenvalue weighted by Crippen LogP contribution is 2.52. The van der Waals surface area contributed by atoms with Gasteiger partial charge in [0.25, 0.3) is 0 Å². The van der Waals surface area contributed by atoms with E-state index >= 15 is 0 Å². The highest BCUT2D eigenvalue weighted by molar-refractivity contribution is 6.23. The predicted octanol–water partition coefficient (Wildman–Crippen LogP) is 1.70. The fourth-order valence-corrected chi connectivity index (χ4v) is 3.80. The number of imide groups is 1. The van der Waals surface area contributed by atoms with Crippen molar-refractivity contribution < 1.29 is 19.1 Å². The number of ether oxygens (including phenoxy) is 2. The standard InChI is InChI=1S/C18H17NO4/c1-2-10-22-11-18-9-8-13(23-18)14-15(18)17(21)19(16(14)20)12-6-4-3-5-7-12/h2-9,13-15H,1,10-11H2/t13-,14-,15+,18-/m0/s1. The third kappa shape index (κ3) is 1.93. The highest BCUT2D eigenvalue weighted by atomic mass is 16.6. The first-order valence-corrected chi connectivity index (χ1v) is 7.67. The van der Waals surface area contributed by atoms with Crippen LogP contribution < -0.4 is 4.90 Å². The molecule has 3 aliphatic heterocycles. The summed E-state index contributed by atoms with van der Waals surface area (Å²) in [7, 11) is 0. The second-order valence-corrected chi connectivity index (χ2v) is 6.05. The number of hydrogen-bond donors (Lipinski definition) is 0. The molecule has 3 aliphatic rings. The van der Waals surface area contributed by atoms with Crippen molar-refractivity contribution in [3.05, 3.63) is 55.1 Å². The zero-order valence-electron chi connectivity index (χ0n) is 12.6. The molecule has 5 nitrogen and oxygen atoms in total. The quantitative estimate of drug-likeness (QED) is 0.472. The lowest BCUT2D eigenvalue weighted by molar-refractivity contribution is -0.128. The van der Waals surface area contributed by atoms with Gasteiger partial charge in [-0.1, -0.05) is 36.4 Å². The molecule has 5 heteroatoms. The lowest BCUT2D eigenvalue weighted by Gasteiger charge is -2.28. The number of benzene rings is 1. The smallest absolute Gasteiger partial charge is 0.241 e. The van der Waals surface area contributed by atoms with Crippen molar-refractivity contribution in [2.24, 2.45) is 11.8 Å². The van der Waals surface area contributed by atoms with Gasteiger partial charge in [0, 0.05) is 0 Å². The Labute approximate surface area is 134 Å². The molecule has 2 saturated heterocycles. The van der Waals surface area contributed by atoms with E-state index in [2.05, 4.69) is 6.58 Å². The van der Waals surface area contributed by atoms with Crippen molar-refractivity contribution in [1.29, 1.82) is 0 Å². The van der Waals surface area contributed by atoms with Crippen molar-refractivity contribution in [2.45, 2.75) is 11.7 Å². The van der Waals surface area contributed by atoms with Crippen LogP contribution in [0.1, 0.15) is 0 Å². The summed E-state index contributed by atoms with van der Waals surface area (Å²) in [5.41, 5.74) is -0.229. The maximum atomic E-state index is 12.9. The lowest BCUT2D eigenvalue weighted by atomic mass is 9.77. The summed E-state index contributed by atoms with van der Waals surface area (Å²) in [5, 5.41) is 0. The zero-order chi connectivity index (χ0) is 16.0. The molecule has 23 heavy (non-hydrogen) atoms. The Balaban J connectivity index is 1.67. The van der Waals surface area contributed by atoms with Crippen LogP contribution in [0.15, 0.2) is 55.1 Å². The van der Waals surface area contributed by atoms with Gasteiger partial charge in [0.2, 0.25) is 11.8 Å². The van der Waals surface area contributed by atoms with Gasteiger partial charge in [0.15, 0.2) is 0 Å². The van der Waals surface area contributed by atoms with Gasteiger partial charge in [-0.2, -0.15) is 0 Å². The average Bonchev–Trinajstić information content (AvgIpc) is 3.19. The van der Waals surface area contributed by atoms with E-state index in [0.29, 0.717) is 12.3 Å². The van der Waals surface area contributed by atoms with Crippen molar-refractivity contribution >= 4 is 17.5 Å². The Morgan fingerprint density at radius 3 is 2.78 bits per heavy atom. The van der Waals surface area contributed by atoms with Crippen molar-refractivity contribution in [1.82, 2.24) is 0 Å². The normalized spacial score (nSPS) is 34.3. The molecule has 2 amide bonds. The molecule has 2 bridgehead atoms. The Bertz CT molecular complexity index is 698. The van der Waals surface area contributed by atoms with E-state index in [0.717, 1.165) is 0 Å². The summed E-state index contributed by atoms with van der Waals surface area (Å²) >= 11 is 0. The first kappa shape index (κ1) is 14.4. The van der Waals surface area contributed by atoms with Crippen LogP contribution in [0.25, 0.3) is 0 Å². The molecule has 4 atom stereocenters. The van der Waals surface area contributed by atoms with E-state index in [9.17, 15) is 9.59 Å². The van der Waals surface area contributed by atoms with Crippen LogP contribution in [-0.2, 0) is 19.1 Å². The molecule has 0 aromatic heterocycles. The summed E-state index contributed by atoms with van der Waals surface area (Å²) in [6.07, 6.45) is 5.05. The summed E-state index contributed by atoms with van der Waals surface area (Å²) < 4.78 is 11.5. The van der Waals surface area contributed by atoms with Crippen molar-refractivity contribution in [3.8, 4) is 0 Å². The number of rotatable bonds is 5. The van der Waals surface area contributed by atoms with Crippen LogP contribution in [0.3, 0.4) is 0 Å². The second-order valence-electron chi connectivity index (χ2n) is 6.05. The topological polar surface area (TPSA) is 55.8 Å². The monoisotopic (exact) mass is 311 g/mol. The lowest BCUT2D eigenvalue weighted by Crippen LogP contribution is -2.44. The Hall–Kier alpha value is -2.24. The van der Waals surface area contributed by atoms with Gasteiger partial charge < -0.3 is 9.47 Å². The maximum absolute atomic E-state index is 12.9. The zero-order valence-corrected chi connectivity index (χ0v) is 12.6. The van der Waals surface area contributed by atoms with E-state index in [-0.39, 0.29) is 24.5 Å². The predicted molar refractivity (Wildman–Crippen MR) is 83.7 cm³/mol. The molecule has 0 aliphatic carbocycles. The number of amides is 2. The Kier molecular flexibility index (Phi) is 3.21. The number of nitrogens with zero attached hydrogens (tertiary/aromatic N) is 1. The molecule has 118 valence electrons. The van der Waals surface area contributed by atoms with Crippen LogP contribution in [0, 0.1) is 11.8 Å². The molecule has 2 fully saturated rings. The van der Waals surface area contributed by atoms with Crippen LogP contribution in [0.2, 0.25) is 0 Å². The number of carbonyl (C=O) groups excluding carboxylic acids is 2. The average molecular weight is 311 g/mol. The summed E-state index contributed by atoms with van der Waals surface area (Å²) in [4.78, 5) is 27.0. The van der Waals surface area contributed by atoms with E-state index < -0.39 is 17.4 Å². The summed E-state index contributed by atoms with van der Waals surface area (Å²) in [5.74, 6) is -1.37. The number of hydrogen-bond acceptors (Lipinski definition) is 4. The fraction of sp³-hybridized carbons (Fsp3) is 0.333. The minimum Gasteiger partial charge on any atom is -0.374 e. The molecule has 0 spiro atoms. The Morgan fingerprint density at radius 2 is 2.04 bits per heavy atom. The van der Waals surface area contributed by atoms with E-state index in [4.69, 9.17) is 9.47 Å². The van der Waals surface area contributed by atoms with E-state index in [1.54, 1.807) is 18.2 Å². The summed E-state index contributed by atoms with van der Waals surface area (Å²) in [6, 6.07) is 9.03. The third-order valence-corrected chi connectivity index (χ3v) is 4.73. The minimum atomic E-state index is -0.839. The van der Waals surface area contributed by atoms with Gasteiger partial charge in [-0.25, -0.2) is 4.90 Å². The summed E-state index contributed by atoms with van der Waals surface area (Å²) in [6.45, 7) is 4.24. The first-order chi connectivity index (χ1) is 11.2. The molecule has 0 radical (unpaired) electrons. The van der Waals surface area contributed by atoms with Gasteiger partial charge in [-0.05, 0) is 12.1 Å². The van der Waals surface area contributed by atoms with E-state index in [1.807, 2.05) is 30.4 Å². The third-order valence-electron chi connectivity index (χ3n) is 4.73. The molecule has 3 heterocycles. The number of anilines is 1. The van der Waals surface area contributed by atoms with Gasteiger partial charge in [0.1, 0.15) is 5.60 Å².